The third-order valence-corrected chi connectivity index (χ3v) is 7.53. The SMILES string of the molecule is C[C@@H]1OCC=C[C@@H]1P(=O)(c1ccccc1)c1ccccc1. The van der Waals surface area contributed by atoms with E-state index in [4.69, 9.17) is 4.74 Å². The number of hydrogen-bond donors (Lipinski definition) is 0. The molecule has 0 aromatic heterocycles. The molecule has 2 aromatic carbocycles. The zero-order valence-corrected chi connectivity index (χ0v) is 12.9. The molecule has 2 atom stereocenters. The van der Waals surface area contributed by atoms with Gasteiger partial charge in [0.05, 0.1) is 18.4 Å². The normalized spacial score (nSPS) is 22.1. The second-order valence-corrected chi connectivity index (χ2v) is 8.23. The van der Waals surface area contributed by atoms with Crippen molar-refractivity contribution in [1.29, 1.82) is 0 Å². The first-order valence-electron chi connectivity index (χ1n) is 7.22. The van der Waals surface area contributed by atoms with E-state index >= 15 is 0 Å². The Bertz CT molecular complexity index is 621. The fraction of sp³-hybridized carbons (Fsp3) is 0.222. The molecule has 0 N–H and O–H groups in total. The Labute approximate surface area is 125 Å². The van der Waals surface area contributed by atoms with Crippen molar-refractivity contribution >= 4 is 17.8 Å². The van der Waals surface area contributed by atoms with E-state index in [0.717, 1.165) is 10.6 Å². The van der Waals surface area contributed by atoms with Gasteiger partial charge in [-0.15, -0.1) is 0 Å². The maximum absolute atomic E-state index is 14.1. The summed E-state index contributed by atoms with van der Waals surface area (Å²) in [5.74, 6) is 0. The maximum atomic E-state index is 14.1. The molecule has 21 heavy (non-hydrogen) atoms. The standard InChI is InChI=1S/C18H19O2P/c1-15-18(13-8-14-20-15)21(19,16-9-4-2-5-10-16)17-11-6-3-7-12-17/h2-13,15,18H,14H2,1H3/t15-,18-/m0/s1. The van der Waals surface area contributed by atoms with Gasteiger partial charge in [-0.1, -0.05) is 72.8 Å². The lowest BCUT2D eigenvalue weighted by Crippen LogP contribution is -2.35. The molecule has 0 spiro atoms. The molecular weight excluding hydrogens is 279 g/mol. The van der Waals surface area contributed by atoms with Crippen LogP contribution in [-0.4, -0.2) is 18.4 Å². The summed E-state index contributed by atoms with van der Waals surface area (Å²) in [6, 6.07) is 19.5. The van der Waals surface area contributed by atoms with Gasteiger partial charge in [0.2, 0.25) is 0 Å². The van der Waals surface area contributed by atoms with Gasteiger partial charge in [0.1, 0.15) is 0 Å². The van der Waals surface area contributed by atoms with Gasteiger partial charge in [-0.05, 0) is 6.92 Å². The van der Waals surface area contributed by atoms with Crippen LogP contribution in [0.2, 0.25) is 0 Å². The van der Waals surface area contributed by atoms with Gasteiger partial charge in [-0.3, -0.25) is 0 Å². The van der Waals surface area contributed by atoms with E-state index in [1.165, 1.54) is 0 Å². The summed E-state index contributed by atoms with van der Waals surface area (Å²) < 4.78 is 19.8. The van der Waals surface area contributed by atoms with Gasteiger partial charge in [0.25, 0.3) is 0 Å². The molecule has 0 saturated carbocycles. The molecule has 2 aromatic rings. The third-order valence-electron chi connectivity index (χ3n) is 3.97. The van der Waals surface area contributed by atoms with Crippen LogP contribution in [0.25, 0.3) is 0 Å². The highest BCUT2D eigenvalue weighted by molar-refractivity contribution is 7.79. The van der Waals surface area contributed by atoms with Crippen molar-refractivity contribution in [3.63, 3.8) is 0 Å². The van der Waals surface area contributed by atoms with Crippen molar-refractivity contribution in [1.82, 2.24) is 0 Å². The van der Waals surface area contributed by atoms with Crippen molar-refractivity contribution in [2.75, 3.05) is 6.61 Å². The first-order valence-corrected chi connectivity index (χ1v) is 9.00. The zero-order valence-electron chi connectivity index (χ0n) is 12.1. The van der Waals surface area contributed by atoms with E-state index in [-0.39, 0.29) is 11.8 Å². The minimum atomic E-state index is -2.77. The van der Waals surface area contributed by atoms with E-state index in [0.29, 0.717) is 6.61 Å². The summed E-state index contributed by atoms with van der Waals surface area (Å²) >= 11 is 0. The molecule has 0 unspecified atom stereocenters. The molecule has 1 heterocycles. The van der Waals surface area contributed by atoms with Crippen molar-refractivity contribution in [2.24, 2.45) is 0 Å². The molecule has 0 saturated heterocycles. The smallest absolute Gasteiger partial charge is 0.152 e. The average Bonchev–Trinajstić information content (AvgIpc) is 2.56. The molecule has 0 amide bonds. The molecule has 0 aliphatic carbocycles. The summed E-state index contributed by atoms with van der Waals surface area (Å²) in [7, 11) is -2.77. The fourth-order valence-electron chi connectivity index (χ4n) is 2.87. The van der Waals surface area contributed by atoms with Gasteiger partial charge in [-0.25, -0.2) is 0 Å². The quantitative estimate of drug-likeness (QED) is 0.641. The van der Waals surface area contributed by atoms with Gasteiger partial charge in [0.15, 0.2) is 7.14 Å². The maximum Gasteiger partial charge on any atom is 0.152 e. The van der Waals surface area contributed by atoms with E-state index in [9.17, 15) is 4.57 Å². The Balaban J connectivity index is 2.18. The molecule has 2 nitrogen and oxygen atoms in total. The fourth-order valence-corrected chi connectivity index (χ4v) is 6.12. The highest BCUT2D eigenvalue weighted by Gasteiger charge is 2.39. The molecule has 1 aliphatic rings. The molecule has 0 radical (unpaired) electrons. The lowest BCUT2D eigenvalue weighted by molar-refractivity contribution is 0.0841. The predicted octanol–water partition coefficient (Wildman–Crippen LogP) is 3.34. The van der Waals surface area contributed by atoms with E-state index < -0.39 is 7.14 Å². The lowest BCUT2D eigenvalue weighted by atomic mass is 10.2. The molecule has 3 heteroatoms. The summed E-state index contributed by atoms with van der Waals surface area (Å²) in [5, 5.41) is 1.78. The Morgan fingerprint density at radius 3 is 1.95 bits per heavy atom. The van der Waals surface area contributed by atoms with Crippen LogP contribution in [0.3, 0.4) is 0 Å². The molecule has 108 valence electrons. The van der Waals surface area contributed by atoms with Crippen molar-refractivity contribution < 1.29 is 9.30 Å². The van der Waals surface area contributed by atoms with E-state index in [1.807, 2.05) is 73.7 Å². The van der Waals surface area contributed by atoms with Crippen LogP contribution in [0.4, 0.5) is 0 Å². The summed E-state index contributed by atoms with van der Waals surface area (Å²) in [4.78, 5) is 0. The van der Waals surface area contributed by atoms with Crippen LogP contribution in [-0.2, 0) is 9.30 Å². The van der Waals surface area contributed by atoms with Crippen LogP contribution < -0.4 is 10.6 Å². The molecule has 0 bridgehead atoms. The molecule has 1 aliphatic heterocycles. The molecule has 0 fully saturated rings. The second kappa shape index (κ2) is 6.01. The highest BCUT2D eigenvalue weighted by atomic mass is 31.2. The minimum absolute atomic E-state index is 0.0544. The monoisotopic (exact) mass is 298 g/mol. The van der Waals surface area contributed by atoms with Crippen LogP contribution in [0.15, 0.2) is 72.8 Å². The van der Waals surface area contributed by atoms with Gasteiger partial charge in [-0.2, -0.15) is 0 Å². The average molecular weight is 298 g/mol. The Hall–Kier alpha value is -1.63. The van der Waals surface area contributed by atoms with Gasteiger partial charge in [0, 0.05) is 10.6 Å². The second-order valence-electron chi connectivity index (χ2n) is 5.29. The summed E-state index contributed by atoms with van der Waals surface area (Å²) in [5.41, 5.74) is -0.115. The Morgan fingerprint density at radius 2 is 1.48 bits per heavy atom. The van der Waals surface area contributed by atoms with Crippen LogP contribution in [0.1, 0.15) is 6.92 Å². The highest BCUT2D eigenvalue weighted by Crippen LogP contribution is 2.51. The van der Waals surface area contributed by atoms with Crippen LogP contribution >= 0.6 is 7.14 Å². The number of hydrogen-bond acceptors (Lipinski definition) is 2. The van der Waals surface area contributed by atoms with Crippen molar-refractivity contribution in [3.8, 4) is 0 Å². The summed E-state index contributed by atoms with van der Waals surface area (Å²) in [6.07, 6.45) is 3.99. The van der Waals surface area contributed by atoms with Crippen LogP contribution in [0.5, 0.6) is 0 Å². The number of benzene rings is 2. The van der Waals surface area contributed by atoms with E-state index in [2.05, 4.69) is 6.08 Å². The lowest BCUT2D eigenvalue weighted by Gasteiger charge is -2.33. The third kappa shape index (κ3) is 2.62. The molecular formula is C18H19O2P. The topological polar surface area (TPSA) is 26.3 Å². The van der Waals surface area contributed by atoms with Crippen molar-refractivity contribution in [2.45, 2.75) is 18.7 Å². The Kier molecular flexibility index (Phi) is 4.10. The Morgan fingerprint density at radius 1 is 0.952 bits per heavy atom. The number of ether oxygens (including phenoxy) is 1. The first kappa shape index (κ1) is 14.3. The first-order chi connectivity index (χ1) is 10.2. The number of rotatable bonds is 3. The van der Waals surface area contributed by atoms with E-state index in [1.54, 1.807) is 0 Å². The largest absolute Gasteiger partial charge is 0.373 e. The van der Waals surface area contributed by atoms with Crippen molar-refractivity contribution in [3.05, 3.63) is 72.8 Å². The predicted molar refractivity (Wildman–Crippen MR) is 88.1 cm³/mol. The van der Waals surface area contributed by atoms with Crippen LogP contribution in [0, 0.1) is 0 Å². The van der Waals surface area contributed by atoms with Gasteiger partial charge >= 0.3 is 0 Å². The summed E-state index contributed by atoms with van der Waals surface area (Å²) in [6.45, 7) is 2.61. The minimum Gasteiger partial charge on any atom is -0.373 e. The zero-order chi connectivity index (χ0) is 14.7. The molecule has 3 rings (SSSR count). The van der Waals surface area contributed by atoms with Gasteiger partial charge < -0.3 is 9.30 Å².